The number of hydrogen-bond donors (Lipinski definition) is 0. The number of nitriles is 1. The maximum Gasteiger partial charge on any atom is 0.424 e. The van der Waals surface area contributed by atoms with Gasteiger partial charge in [0, 0.05) is 23.1 Å². The summed E-state index contributed by atoms with van der Waals surface area (Å²) in [5, 5.41) is 9.39. The van der Waals surface area contributed by atoms with Gasteiger partial charge in [0.25, 0.3) is 5.91 Å². The zero-order chi connectivity index (χ0) is 21.3. The Kier molecular flexibility index (Phi) is 5.29. The molecule has 2 amide bonds. The molecule has 0 radical (unpaired) electrons. The van der Waals surface area contributed by atoms with E-state index in [1.807, 2.05) is 6.92 Å². The number of Topliss-reactive ketones (excluding diaryl/α,β-unsaturated/α-hetero) is 1. The molecule has 2 atom stereocenters. The summed E-state index contributed by atoms with van der Waals surface area (Å²) in [4.78, 5) is 39.5. The molecule has 150 valence electrons. The molecule has 0 N–H and O–H groups in total. The number of rotatable bonds is 2. The molecule has 2 aliphatic rings. The number of carbonyl (C=O) groups is 3. The van der Waals surface area contributed by atoms with Crippen LogP contribution in [-0.4, -0.2) is 23.4 Å². The molecule has 0 saturated carbocycles. The quantitative estimate of drug-likeness (QED) is 0.749. The van der Waals surface area contributed by atoms with Gasteiger partial charge in [-0.1, -0.05) is 23.8 Å². The van der Waals surface area contributed by atoms with E-state index in [-0.39, 0.29) is 17.2 Å². The van der Waals surface area contributed by atoms with Crippen LogP contribution in [-0.2, 0) is 14.3 Å². The minimum atomic E-state index is -0.877. The predicted octanol–water partition coefficient (Wildman–Crippen LogP) is 4.09. The van der Waals surface area contributed by atoms with Crippen molar-refractivity contribution in [1.29, 1.82) is 5.26 Å². The number of fused-ring (bicyclic) bond motifs is 2. The van der Waals surface area contributed by atoms with Crippen LogP contribution in [0.4, 0.5) is 10.7 Å². The van der Waals surface area contributed by atoms with Crippen molar-refractivity contribution >= 4 is 23.7 Å². The lowest BCUT2D eigenvalue weighted by molar-refractivity contribution is -0.123. The van der Waals surface area contributed by atoms with Crippen LogP contribution in [0.5, 0.6) is 0 Å². The van der Waals surface area contributed by atoms with Gasteiger partial charge in [-0.3, -0.25) is 9.59 Å². The summed E-state index contributed by atoms with van der Waals surface area (Å²) < 4.78 is 10.6. The van der Waals surface area contributed by atoms with Gasteiger partial charge in [0.1, 0.15) is 5.60 Å². The molecular weight excluding hydrogens is 372 g/mol. The van der Waals surface area contributed by atoms with E-state index in [0.29, 0.717) is 12.0 Å². The molecule has 3 rings (SSSR count). The number of allylic oxidation sites excluding steroid dienone is 4. The summed E-state index contributed by atoms with van der Waals surface area (Å²) in [7, 11) is 0. The van der Waals surface area contributed by atoms with Crippen LogP contribution < -0.4 is 4.90 Å². The highest BCUT2D eigenvalue weighted by Gasteiger charge is 2.38. The van der Waals surface area contributed by atoms with E-state index in [4.69, 9.17) is 9.15 Å². The molecule has 1 aromatic rings. The van der Waals surface area contributed by atoms with Crippen molar-refractivity contribution in [3.8, 4) is 6.07 Å². The lowest BCUT2D eigenvalue weighted by Crippen LogP contribution is -2.41. The second-order valence-electron chi connectivity index (χ2n) is 8.05. The molecule has 0 fully saturated rings. The van der Waals surface area contributed by atoms with Crippen LogP contribution in [0.25, 0.3) is 0 Å². The van der Waals surface area contributed by atoms with Crippen LogP contribution >= 0.6 is 0 Å². The zero-order valence-corrected chi connectivity index (χ0v) is 16.8. The standard InChI is InChI=1S/C22H22N2O5/c1-13-10-15-11-14(7-8-16(19(15)25)17(13)12-23)20(26)24(18-6-5-9-28-18)21(27)29-22(2,3)4/h5-9,11,15-16H,10H2,1-4H3/t15-,16-/m0/s1. The molecule has 0 aliphatic heterocycles. The van der Waals surface area contributed by atoms with E-state index in [1.54, 1.807) is 39.0 Å². The molecular formula is C22H22N2O5. The molecule has 0 saturated heterocycles. The number of anilines is 1. The summed E-state index contributed by atoms with van der Waals surface area (Å²) >= 11 is 0. The van der Waals surface area contributed by atoms with Gasteiger partial charge in [0.05, 0.1) is 18.3 Å². The van der Waals surface area contributed by atoms with Crippen LogP contribution in [0.2, 0.25) is 0 Å². The second-order valence-corrected chi connectivity index (χ2v) is 8.05. The van der Waals surface area contributed by atoms with Crippen LogP contribution in [0.15, 0.2) is 57.8 Å². The molecule has 2 bridgehead atoms. The van der Waals surface area contributed by atoms with E-state index in [9.17, 15) is 19.6 Å². The van der Waals surface area contributed by atoms with Gasteiger partial charge in [0.15, 0.2) is 5.78 Å². The van der Waals surface area contributed by atoms with E-state index in [0.717, 1.165) is 10.5 Å². The zero-order valence-electron chi connectivity index (χ0n) is 16.8. The first-order chi connectivity index (χ1) is 13.6. The molecule has 1 heterocycles. The Hall–Kier alpha value is -3.40. The number of furan rings is 1. The Morgan fingerprint density at radius 2 is 2.07 bits per heavy atom. The number of hydrogen-bond acceptors (Lipinski definition) is 6. The number of ether oxygens (including phenoxy) is 1. The fourth-order valence-corrected chi connectivity index (χ4v) is 3.40. The second kappa shape index (κ2) is 7.55. The topological polar surface area (TPSA) is 101 Å². The van der Waals surface area contributed by atoms with Crippen molar-refractivity contribution < 1.29 is 23.5 Å². The van der Waals surface area contributed by atoms with Gasteiger partial charge < -0.3 is 9.15 Å². The Balaban J connectivity index is 1.98. The van der Waals surface area contributed by atoms with E-state index >= 15 is 0 Å². The van der Waals surface area contributed by atoms with Crippen molar-refractivity contribution in [3.63, 3.8) is 0 Å². The summed E-state index contributed by atoms with van der Waals surface area (Å²) in [6.07, 6.45) is 5.42. The normalized spacial score (nSPS) is 21.2. The van der Waals surface area contributed by atoms with Gasteiger partial charge in [-0.2, -0.15) is 10.2 Å². The molecule has 0 spiro atoms. The maximum atomic E-state index is 13.3. The first kappa shape index (κ1) is 20.3. The van der Waals surface area contributed by atoms with Gasteiger partial charge in [-0.05, 0) is 40.2 Å². The molecule has 7 heteroatoms. The average Bonchev–Trinajstić information content (AvgIpc) is 3.10. The molecule has 0 aromatic carbocycles. The number of imide groups is 1. The Morgan fingerprint density at radius 1 is 1.34 bits per heavy atom. The van der Waals surface area contributed by atoms with E-state index < -0.39 is 29.4 Å². The minimum Gasteiger partial charge on any atom is -0.448 e. The van der Waals surface area contributed by atoms with Gasteiger partial charge in [-0.25, -0.2) is 4.79 Å². The Morgan fingerprint density at radius 3 is 2.66 bits per heavy atom. The Labute approximate surface area is 168 Å². The monoisotopic (exact) mass is 394 g/mol. The third kappa shape index (κ3) is 4.06. The SMILES string of the molecule is CC1=C(C#N)[C@@H]2C=CC(C(=O)N(C(=O)OC(C)(C)C)c3ccco3)=C[C@H](C1)C2=O. The summed E-state index contributed by atoms with van der Waals surface area (Å²) in [5.74, 6) is -2.00. The molecule has 7 nitrogen and oxygen atoms in total. The van der Waals surface area contributed by atoms with Crippen molar-refractivity contribution in [2.75, 3.05) is 4.90 Å². The van der Waals surface area contributed by atoms with Gasteiger partial charge >= 0.3 is 6.09 Å². The van der Waals surface area contributed by atoms with Crippen molar-refractivity contribution in [2.45, 2.75) is 39.7 Å². The average molecular weight is 394 g/mol. The molecule has 2 aliphatic carbocycles. The smallest absolute Gasteiger partial charge is 0.424 e. The highest BCUT2D eigenvalue weighted by Crippen LogP contribution is 2.36. The summed E-state index contributed by atoms with van der Waals surface area (Å²) in [5.41, 5.74) is 0.594. The van der Waals surface area contributed by atoms with Crippen molar-refractivity contribution in [3.05, 3.63) is 53.3 Å². The lowest BCUT2D eigenvalue weighted by Gasteiger charge is -2.25. The molecule has 0 unspecified atom stereocenters. The van der Waals surface area contributed by atoms with Crippen molar-refractivity contribution in [1.82, 2.24) is 0 Å². The third-order valence-electron chi connectivity index (χ3n) is 4.69. The number of carbonyl (C=O) groups excluding carboxylic acids is 3. The van der Waals surface area contributed by atoms with Gasteiger partial charge in [-0.15, -0.1) is 0 Å². The fraction of sp³-hybridized carbons (Fsp3) is 0.364. The predicted molar refractivity (Wildman–Crippen MR) is 105 cm³/mol. The number of ketones is 1. The highest BCUT2D eigenvalue weighted by atomic mass is 16.6. The Bertz CT molecular complexity index is 983. The third-order valence-corrected chi connectivity index (χ3v) is 4.69. The lowest BCUT2D eigenvalue weighted by atomic mass is 9.77. The highest BCUT2D eigenvalue weighted by molar-refractivity contribution is 6.19. The van der Waals surface area contributed by atoms with Gasteiger partial charge in [0.2, 0.25) is 5.88 Å². The summed E-state index contributed by atoms with van der Waals surface area (Å²) in [6.45, 7) is 6.90. The van der Waals surface area contributed by atoms with Crippen LogP contribution in [0, 0.1) is 23.2 Å². The largest absolute Gasteiger partial charge is 0.448 e. The van der Waals surface area contributed by atoms with Crippen LogP contribution in [0.1, 0.15) is 34.1 Å². The van der Waals surface area contributed by atoms with E-state index in [1.165, 1.54) is 18.4 Å². The van der Waals surface area contributed by atoms with Crippen molar-refractivity contribution in [2.24, 2.45) is 11.8 Å². The molecule has 29 heavy (non-hydrogen) atoms. The number of amides is 2. The van der Waals surface area contributed by atoms with Crippen LogP contribution in [0.3, 0.4) is 0 Å². The minimum absolute atomic E-state index is 0.0177. The first-order valence-corrected chi connectivity index (χ1v) is 9.27. The first-order valence-electron chi connectivity index (χ1n) is 9.27. The maximum absolute atomic E-state index is 13.3. The number of nitrogens with zero attached hydrogens (tertiary/aromatic N) is 2. The van der Waals surface area contributed by atoms with E-state index in [2.05, 4.69) is 6.07 Å². The fourth-order valence-electron chi connectivity index (χ4n) is 3.40. The molecule has 1 aromatic heterocycles. The summed E-state index contributed by atoms with van der Waals surface area (Å²) in [6, 6.07) is 5.13.